The van der Waals surface area contributed by atoms with Crippen LogP contribution in [0, 0.1) is 5.82 Å². The molecule has 0 fully saturated rings. The van der Waals surface area contributed by atoms with E-state index in [2.05, 4.69) is 31.1 Å². The number of aromatic carboxylic acids is 1. The number of aromatic nitrogens is 4. The van der Waals surface area contributed by atoms with Gasteiger partial charge < -0.3 is 26.8 Å². The Labute approximate surface area is 250 Å². The zero-order valence-corrected chi connectivity index (χ0v) is 23.1. The molecule has 1 aliphatic carbocycles. The molecule has 0 saturated heterocycles. The molecule has 7 N–H and O–H groups in total. The van der Waals surface area contributed by atoms with Crippen LogP contribution in [0.15, 0.2) is 56.8 Å². The summed E-state index contributed by atoms with van der Waals surface area (Å²) in [5.41, 5.74) is 4.72. The fourth-order valence-corrected chi connectivity index (χ4v) is 5.25. The summed E-state index contributed by atoms with van der Waals surface area (Å²) in [5, 5.41) is 23.4. The zero-order valence-electron chi connectivity index (χ0n) is 23.1. The number of hydrogen-bond donors (Lipinski definition) is 6. The quantitative estimate of drug-likeness (QED) is 0.124. The average molecular weight is 615 g/mol. The number of aryl methyl sites for hydroxylation is 1. The molecule has 2 heterocycles. The Kier molecular flexibility index (Phi) is 7.16. The third-order valence-corrected chi connectivity index (χ3v) is 7.59. The summed E-state index contributed by atoms with van der Waals surface area (Å²) in [4.78, 5) is 77.3. The lowest BCUT2D eigenvalue weighted by Gasteiger charge is -2.15. The van der Waals surface area contributed by atoms with Crippen molar-refractivity contribution in [2.24, 2.45) is 0 Å². The lowest BCUT2D eigenvalue weighted by Crippen LogP contribution is -2.37. The Hall–Kier alpha value is -6.19. The van der Waals surface area contributed by atoms with E-state index in [1.54, 1.807) is 12.1 Å². The molecule has 6 rings (SSSR count). The highest BCUT2D eigenvalue weighted by Crippen LogP contribution is 2.32. The highest BCUT2D eigenvalue weighted by atomic mass is 19.1. The first kappa shape index (κ1) is 28.9. The number of carbonyl (C=O) groups excluding carboxylic acids is 2. The number of amides is 2. The van der Waals surface area contributed by atoms with Crippen LogP contribution < -0.4 is 38.2 Å². The van der Waals surface area contributed by atoms with E-state index < -0.39 is 46.2 Å². The molecule has 0 saturated carbocycles. The maximum absolute atomic E-state index is 14.4. The van der Waals surface area contributed by atoms with Crippen LogP contribution in [0.5, 0.6) is 0 Å². The number of fused-ring (bicyclic) bond motifs is 2. The van der Waals surface area contributed by atoms with E-state index in [0.29, 0.717) is 18.4 Å². The minimum absolute atomic E-state index is 0.0883. The predicted molar refractivity (Wildman–Crippen MR) is 156 cm³/mol. The summed E-state index contributed by atoms with van der Waals surface area (Å²) in [5.74, 6) is -3.27. The van der Waals surface area contributed by atoms with E-state index >= 15 is 0 Å². The van der Waals surface area contributed by atoms with Crippen LogP contribution in [0.25, 0.3) is 5.78 Å². The molecule has 228 valence electrons. The summed E-state index contributed by atoms with van der Waals surface area (Å²) in [6.07, 6.45) is 1.08. The van der Waals surface area contributed by atoms with Gasteiger partial charge in [0.25, 0.3) is 28.4 Å². The number of carbonyl (C=O) groups is 3. The van der Waals surface area contributed by atoms with E-state index in [-0.39, 0.29) is 52.8 Å². The Morgan fingerprint density at radius 3 is 2.60 bits per heavy atom. The van der Waals surface area contributed by atoms with Crippen LogP contribution in [-0.4, -0.2) is 42.5 Å². The van der Waals surface area contributed by atoms with Gasteiger partial charge in [0, 0.05) is 18.7 Å². The first-order chi connectivity index (χ1) is 21.5. The molecule has 45 heavy (non-hydrogen) atoms. The number of anilines is 2. The van der Waals surface area contributed by atoms with Gasteiger partial charge in [0.1, 0.15) is 28.6 Å². The fourth-order valence-electron chi connectivity index (χ4n) is 5.25. The standard InChI is InChI=1S/C29H23FN8O7/c30-17-5-1-12(7-15(17)11-32-22-21(31)23(39)24(22)40)10-33-26(42)20-9-19(35-28-36-37-29(45)38(20)28)25(41)34-18-6-3-13-8-14(27(43)44)2-4-16(13)18/h1-2,4-5,7-9,18,32H,3,6,10-11,31H2,(H,33,42)(H,34,41)(H,37,45)(H,43,44)/t18-/m0/s1. The van der Waals surface area contributed by atoms with Crippen LogP contribution in [0.3, 0.4) is 0 Å². The van der Waals surface area contributed by atoms with E-state index in [1.165, 1.54) is 24.3 Å². The predicted octanol–water partition coefficient (Wildman–Crippen LogP) is 0.393. The molecule has 15 nitrogen and oxygen atoms in total. The normalized spacial score (nSPS) is 13.9. The van der Waals surface area contributed by atoms with Crippen LogP contribution in [0.2, 0.25) is 0 Å². The van der Waals surface area contributed by atoms with Gasteiger partial charge in [-0.05, 0) is 59.9 Å². The molecule has 16 heteroatoms. The van der Waals surface area contributed by atoms with Crippen molar-refractivity contribution in [2.45, 2.75) is 32.0 Å². The smallest absolute Gasteiger partial charge is 0.349 e. The Bertz CT molecular complexity index is 2180. The zero-order chi connectivity index (χ0) is 32.0. The summed E-state index contributed by atoms with van der Waals surface area (Å²) < 4.78 is 15.3. The molecule has 0 spiro atoms. The van der Waals surface area contributed by atoms with Gasteiger partial charge in [-0.3, -0.25) is 19.2 Å². The number of aromatic amines is 1. The van der Waals surface area contributed by atoms with E-state index in [0.717, 1.165) is 21.6 Å². The van der Waals surface area contributed by atoms with Gasteiger partial charge in [0.15, 0.2) is 0 Å². The molecular formula is C29H23FN8O7. The highest BCUT2D eigenvalue weighted by Gasteiger charge is 2.27. The summed E-state index contributed by atoms with van der Waals surface area (Å²) in [6.45, 7) is -0.258. The maximum atomic E-state index is 14.4. The number of H-pyrrole nitrogens is 1. The van der Waals surface area contributed by atoms with Crippen molar-refractivity contribution in [3.63, 3.8) is 0 Å². The molecule has 0 unspecified atom stereocenters. The Balaban J connectivity index is 1.19. The monoisotopic (exact) mass is 614 g/mol. The second-order valence-electron chi connectivity index (χ2n) is 10.4. The summed E-state index contributed by atoms with van der Waals surface area (Å²) in [6, 6.07) is 9.43. The molecule has 2 aromatic heterocycles. The van der Waals surface area contributed by atoms with Gasteiger partial charge in [-0.15, -0.1) is 5.10 Å². The van der Waals surface area contributed by atoms with E-state index in [9.17, 15) is 38.3 Å². The van der Waals surface area contributed by atoms with E-state index in [4.69, 9.17) is 5.73 Å². The Morgan fingerprint density at radius 1 is 1.04 bits per heavy atom. The second kappa shape index (κ2) is 11.1. The number of halogens is 1. The molecule has 5 aromatic rings. The third kappa shape index (κ3) is 5.28. The van der Waals surface area contributed by atoms with Crippen LogP contribution in [0.1, 0.15) is 66.1 Å². The molecule has 2 amide bonds. The minimum atomic E-state index is -1.05. The van der Waals surface area contributed by atoms with Gasteiger partial charge in [-0.25, -0.2) is 28.5 Å². The van der Waals surface area contributed by atoms with Crippen LogP contribution >= 0.6 is 0 Å². The summed E-state index contributed by atoms with van der Waals surface area (Å²) in [7, 11) is 0. The number of nitrogens with zero attached hydrogens (tertiary/aromatic N) is 3. The average Bonchev–Trinajstić information content (AvgIpc) is 3.62. The van der Waals surface area contributed by atoms with E-state index in [1.807, 2.05) is 0 Å². The fraction of sp³-hybridized carbons (Fsp3) is 0.172. The molecule has 3 aromatic carbocycles. The molecule has 0 aliphatic heterocycles. The molecule has 0 radical (unpaired) electrons. The van der Waals surface area contributed by atoms with Gasteiger partial charge in [0.05, 0.1) is 11.6 Å². The second-order valence-corrected chi connectivity index (χ2v) is 10.4. The largest absolute Gasteiger partial charge is 0.478 e. The molecule has 1 atom stereocenters. The molecule has 1 aliphatic rings. The summed E-state index contributed by atoms with van der Waals surface area (Å²) >= 11 is 0. The van der Waals surface area contributed by atoms with Crippen molar-refractivity contribution in [1.82, 2.24) is 30.2 Å². The van der Waals surface area contributed by atoms with Crippen molar-refractivity contribution in [3.05, 3.63) is 118 Å². The number of nitrogens with two attached hydrogens (primary N) is 1. The third-order valence-electron chi connectivity index (χ3n) is 7.59. The van der Waals surface area contributed by atoms with Crippen molar-refractivity contribution in [1.29, 1.82) is 0 Å². The topological polar surface area (TPSA) is 231 Å². The van der Waals surface area contributed by atoms with Crippen molar-refractivity contribution < 1.29 is 23.9 Å². The van der Waals surface area contributed by atoms with Crippen molar-refractivity contribution >= 4 is 34.9 Å². The minimum Gasteiger partial charge on any atom is -0.478 e. The molecular weight excluding hydrogens is 591 g/mol. The number of nitrogens with one attached hydrogen (secondary N) is 4. The SMILES string of the molecule is Nc1c(NCc2cc(CNC(=O)c3cc(C(=O)N[C@H]4CCc5cc(C(=O)O)ccc54)nc4n[nH]c(=O)n34)ccc2F)c(=O)c1=O. The number of carboxylic acid groups (broad SMARTS) is 1. The lowest BCUT2D eigenvalue weighted by molar-refractivity contribution is 0.0696. The van der Waals surface area contributed by atoms with Gasteiger partial charge >= 0.3 is 11.7 Å². The first-order valence-corrected chi connectivity index (χ1v) is 13.5. The number of hydrogen-bond acceptors (Lipinski definition) is 10. The number of rotatable bonds is 9. The lowest BCUT2D eigenvalue weighted by atomic mass is 10.0. The van der Waals surface area contributed by atoms with Gasteiger partial charge in [-0.1, -0.05) is 12.1 Å². The van der Waals surface area contributed by atoms with Crippen LogP contribution in [-0.2, 0) is 19.5 Å². The van der Waals surface area contributed by atoms with Crippen LogP contribution in [0.4, 0.5) is 15.8 Å². The Morgan fingerprint density at radius 2 is 1.84 bits per heavy atom. The number of carboxylic acids is 1. The molecule has 0 bridgehead atoms. The number of benzene rings is 2. The van der Waals surface area contributed by atoms with Crippen molar-refractivity contribution in [2.75, 3.05) is 11.1 Å². The van der Waals surface area contributed by atoms with Crippen molar-refractivity contribution in [3.8, 4) is 0 Å². The highest BCUT2D eigenvalue weighted by molar-refractivity contribution is 5.98. The van der Waals surface area contributed by atoms with Gasteiger partial charge in [0.2, 0.25) is 0 Å². The van der Waals surface area contributed by atoms with Gasteiger partial charge in [-0.2, -0.15) is 0 Å². The number of nitrogen functional groups attached to an aromatic ring is 1. The maximum Gasteiger partial charge on any atom is 0.349 e. The first-order valence-electron chi connectivity index (χ1n) is 13.5.